The molecule has 208 valence electrons. The van der Waals surface area contributed by atoms with E-state index in [9.17, 15) is 14.4 Å². The van der Waals surface area contributed by atoms with Gasteiger partial charge >= 0.3 is 0 Å². The van der Waals surface area contributed by atoms with Crippen molar-refractivity contribution in [2.75, 3.05) is 11.4 Å². The summed E-state index contributed by atoms with van der Waals surface area (Å²) in [5, 5.41) is 2.97. The average molecular weight is 531 g/mol. The maximum Gasteiger partial charge on any atom is 0.272 e. The van der Waals surface area contributed by atoms with Gasteiger partial charge in [0.15, 0.2) is 0 Å². The molecule has 0 radical (unpaired) electrons. The topological polar surface area (TPSA) is 105 Å². The van der Waals surface area contributed by atoms with Crippen LogP contribution in [0.4, 0.5) is 5.69 Å². The quantitative estimate of drug-likeness (QED) is 0.424. The second-order valence-corrected chi connectivity index (χ2v) is 11.4. The lowest BCUT2D eigenvalue weighted by Gasteiger charge is -2.30. The van der Waals surface area contributed by atoms with E-state index in [-0.39, 0.29) is 17.7 Å². The van der Waals surface area contributed by atoms with E-state index in [2.05, 4.69) is 5.32 Å². The van der Waals surface area contributed by atoms with Gasteiger partial charge in [0.1, 0.15) is 0 Å². The molecule has 1 aliphatic carbocycles. The summed E-state index contributed by atoms with van der Waals surface area (Å²) >= 11 is 0. The van der Waals surface area contributed by atoms with Gasteiger partial charge < -0.3 is 16.0 Å². The summed E-state index contributed by atoms with van der Waals surface area (Å²) in [6.45, 7) is 6.61. The van der Waals surface area contributed by atoms with Crippen molar-refractivity contribution in [1.29, 1.82) is 0 Å². The summed E-state index contributed by atoms with van der Waals surface area (Å²) in [6, 6.07) is 17.6. The number of amides is 3. The molecule has 1 aliphatic heterocycles. The highest BCUT2D eigenvalue weighted by Crippen LogP contribution is 2.33. The summed E-state index contributed by atoms with van der Waals surface area (Å²) in [6.07, 6.45) is 5.17. The Morgan fingerprint density at radius 3 is 2.33 bits per heavy atom. The second-order valence-electron chi connectivity index (χ2n) is 11.4. The molecule has 1 saturated carbocycles. The Kier molecular flexibility index (Phi) is 9.54. The molecule has 1 fully saturated rings. The molecule has 3 unspecified atom stereocenters. The van der Waals surface area contributed by atoms with Crippen LogP contribution in [0.15, 0.2) is 59.6 Å². The predicted octanol–water partition coefficient (Wildman–Crippen LogP) is 5.07. The molecule has 0 aromatic heterocycles. The lowest BCUT2D eigenvalue weighted by atomic mass is 9.81. The molecule has 2 aromatic carbocycles. The smallest absolute Gasteiger partial charge is 0.272 e. The Bertz CT molecular complexity index is 1190. The van der Waals surface area contributed by atoms with Gasteiger partial charge in [-0.1, -0.05) is 88.6 Å². The Hall–Kier alpha value is -3.48. The first kappa shape index (κ1) is 28.5. The van der Waals surface area contributed by atoms with Gasteiger partial charge in [-0.3, -0.25) is 14.4 Å². The van der Waals surface area contributed by atoms with E-state index in [0.717, 1.165) is 36.1 Å². The third kappa shape index (κ3) is 6.75. The van der Waals surface area contributed by atoms with Gasteiger partial charge in [0.05, 0.1) is 11.4 Å². The van der Waals surface area contributed by atoms with Crippen molar-refractivity contribution in [2.45, 2.75) is 71.9 Å². The van der Waals surface area contributed by atoms with Crippen LogP contribution in [-0.4, -0.2) is 36.1 Å². The lowest BCUT2D eigenvalue weighted by molar-refractivity contribution is -0.136. The zero-order valence-electron chi connectivity index (χ0n) is 23.4. The van der Waals surface area contributed by atoms with Crippen molar-refractivity contribution in [2.24, 2.45) is 34.4 Å². The monoisotopic (exact) mass is 530 g/mol. The Balaban J connectivity index is 1.76. The highest BCUT2D eigenvalue weighted by molar-refractivity contribution is 6.20. The Morgan fingerprint density at radius 1 is 1.03 bits per heavy atom. The van der Waals surface area contributed by atoms with E-state index in [1.54, 1.807) is 0 Å². The number of para-hydroxylation sites is 1. The number of nitrogens with zero attached hydrogens (tertiary/aromatic N) is 2. The normalized spacial score (nSPS) is 19.3. The summed E-state index contributed by atoms with van der Waals surface area (Å²) in [5.41, 5.74) is 8.99. The van der Waals surface area contributed by atoms with Gasteiger partial charge in [0.25, 0.3) is 5.91 Å². The maximum absolute atomic E-state index is 14.2. The molecule has 39 heavy (non-hydrogen) atoms. The van der Waals surface area contributed by atoms with E-state index in [4.69, 9.17) is 10.7 Å². The van der Waals surface area contributed by atoms with Gasteiger partial charge in [0.2, 0.25) is 18.0 Å². The van der Waals surface area contributed by atoms with Crippen molar-refractivity contribution in [1.82, 2.24) is 5.32 Å². The number of benzodiazepines with no additional fused rings is 1. The van der Waals surface area contributed by atoms with Gasteiger partial charge in [-0.15, -0.1) is 0 Å². The predicted molar refractivity (Wildman–Crippen MR) is 155 cm³/mol. The number of primary amides is 1. The highest BCUT2D eigenvalue weighted by Gasteiger charge is 2.38. The largest absolute Gasteiger partial charge is 0.369 e. The summed E-state index contributed by atoms with van der Waals surface area (Å²) < 4.78 is 0. The molecule has 2 aromatic rings. The SMILES string of the molecule is CCCC(C(N)=O)C(CC(C)C)C(=O)NC1N=C(c2ccccc2)c2ccccc2N(CC2CCCC2)C1=O. The zero-order chi connectivity index (χ0) is 27.9. The standard InChI is InChI=1S/C32H42N4O3/c1-4-12-24(29(33)37)26(19-21(2)3)31(38)35-30-32(39)36(20-22-13-8-9-14-22)27-18-11-10-17-25(27)28(34-30)23-15-6-5-7-16-23/h5-7,10-11,15-18,21-22,24,26,30H,4,8-9,12-14,19-20H2,1-3H3,(H2,33,37)(H,35,38). The molecule has 2 aliphatic rings. The van der Waals surface area contributed by atoms with E-state index >= 15 is 0 Å². The number of nitrogens with one attached hydrogen (secondary N) is 1. The third-order valence-corrected chi connectivity index (χ3v) is 7.96. The number of carbonyl (C=O) groups is 3. The van der Waals surface area contributed by atoms with Crippen LogP contribution in [0.2, 0.25) is 0 Å². The molecule has 0 spiro atoms. The van der Waals surface area contributed by atoms with E-state index in [1.807, 2.05) is 80.3 Å². The number of benzene rings is 2. The van der Waals surface area contributed by atoms with Crippen LogP contribution in [0.1, 0.15) is 76.8 Å². The highest BCUT2D eigenvalue weighted by atomic mass is 16.2. The fourth-order valence-electron chi connectivity index (χ4n) is 6.05. The summed E-state index contributed by atoms with van der Waals surface area (Å²) in [5.74, 6) is -1.70. The number of hydrogen-bond acceptors (Lipinski definition) is 4. The van der Waals surface area contributed by atoms with Crippen LogP contribution in [0.3, 0.4) is 0 Å². The lowest BCUT2D eigenvalue weighted by Crippen LogP contribution is -2.51. The van der Waals surface area contributed by atoms with Crippen molar-refractivity contribution >= 4 is 29.1 Å². The fraction of sp³-hybridized carbons (Fsp3) is 0.500. The van der Waals surface area contributed by atoms with Crippen molar-refractivity contribution in [3.05, 3.63) is 65.7 Å². The second kappa shape index (κ2) is 13.0. The average Bonchev–Trinajstić information content (AvgIpc) is 3.41. The number of rotatable bonds is 11. The Morgan fingerprint density at radius 2 is 1.69 bits per heavy atom. The molecule has 3 N–H and O–H groups in total. The van der Waals surface area contributed by atoms with Crippen LogP contribution < -0.4 is 16.0 Å². The molecule has 3 amide bonds. The minimum Gasteiger partial charge on any atom is -0.369 e. The molecule has 3 atom stereocenters. The van der Waals surface area contributed by atoms with E-state index in [1.165, 1.54) is 12.8 Å². The first-order valence-corrected chi connectivity index (χ1v) is 14.4. The molecule has 1 heterocycles. The number of hydrogen-bond donors (Lipinski definition) is 2. The van der Waals surface area contributed by atoms with E-state index in [0.29, 0.717) is 31.0 Å². The Labute approximate surface area is 232 Å². The van der Waals surface area contributed by atoms with Crippen molar-refractivity contribution < 1.29 is 14.4 Å². The molecule has 7 heteroatoms. The van der Waals surface area contributed by atoms with Crippen LogP contribution in [0, 0.1) is 23.7 Å². The van der Waals surface area contributed by atoms with E-state index < -0.39 is 23.9 Å². The van der Waals surface area contributed by atoms with Gasteiger partial charge in [-0.2, -0.15) is 0 Å². The van der Waals surface area contributed by atoms with Crippen LogP contribution in [0.25, 0.3) is 0 Å². The van der Waals surface area contributed by atoms with Gasteiger partial charge in [-0.05, 0) is 43.6 Å². The molecule has 0 bridgehead atoms. The van der Waals surface area contributed by atoms with Gasteiger partial charge in [0, 0.05) is 29.5 Å². The number of nitrogens with two attached hydrogens (primary N) is 1. The minimum absolute atomic E-state index is 0.177. The van der Waals surface area contributed by atoms with Gasteiger partial charge in [-0.25, -0.2) is 4.99 Å². The molecule has 0 saturated heterocycles. The minimum atomic E-state index is -1.11. The van der Waals surface area contributed by atoms with Crippen molar-refractivity contribution in [3.63, 3.8) is 0 Å². The third-order valence-electron chi connectivity index (χ3n) is 7.96. The molecule has 7 nitrogen and oxygen atoms in total. The molecular formula is C32H42N4O3. The number of carbonyl (C=O) groups excluding carboxylic acids is 3. The fourth-order valence-corrected chi connectivity index (χ4v) is 6.05. The summed E-state index contributed by atoms with van der Waals surface area (Å²) in [7, 11) is 0. The molecule has 4 rings (SSSR count). The number of fused-ring (bicyclic) bond motifs is 1. The van der Waals surface area contributed by atoms with Crippen LogP contribution in [0.5, 0.6) is 0 Å². The van der Waals surface area contributed by atoms with Crippen molar-refractivity contribution in [3.8, 4) is 0 Å². The maximum atomic E-state index is 14.2. The first-order chi connectivity index (χ1) is 18.8. The number of aliphatic imine (C=N–C) groups is 1. The first-order valence-electron chi connectivity index (χ1n) is 14.4. The number of anilines is 1. The zero-order valence-corrected chi connectivity index (χ0v) is 23.4. The van der Waals surface area contributed by atoms with Crippen LogP contribution in [-0.2, 0) is 14.4 Å². The molecular weight excluding hydrogens is 488 g/mol. The van der Waals surface area contributed by atoms with Crippen LogP contribution >= 0.6 is 0 Å². The summed E-state index contributed by atoms with van der Waals surface area (Å²) in [4.78, 5) is 47.2.